The van der Waals surface area contributed by atoms with Gasteiger partial charge in [0.2, 0.25) is 20.0 Å². The first kappa shape index (κ1) is 23.8. The number of aliphatic hydroxyl groups is 1. The van der Waals surface area contributed by atoms with Gasteiger partial charge in [-0.05, 0) is 37.0 Å². The van der Waals surface area contributed by atoms with Crippen LogP contribution in [0.25, 0.3) is 0 Å². The maximum absolute atomic E-state index is 12.6. The van der Waals surface area contributed by atoms with E-state index in [1.807, 2.05) is 6.07 Å². The summed E-state index contributed by atoms with van der Waals surface area (Å²) < 4.78 is 60.6. The third-order valence-corrected chi connectivity index (χ3v) is 8.01. The van der Waals surface area contributed by atoms with Crippen molar-refractivity contribution in [2.45, 2.75) is 48.2 Å². The molecule has 8 nitrogen and oxygen atoms in total. The fourth-order valence-corrected chi connectivity index (χ4v) is 6.05. The molecule has 0 aromatic heterocycles. The zero-order chi connectivity index (χ0) is 22.3. The number of nitrogens with one attached hydrogen (secondary N) is 2. The first-order valence-electron chi connectivity index (χ1n) is 10.1. The van der Waals surface area contributed by atoms with Crippen molar-refractivity contribution in [3.63, 3.8) is 0 Å². The summed E-state index contributed by atoms with van der Waals surface area (Å²) in [5.74, 6) is -0.0953. The Balaban J connectivity index is 1.49. The largest absolute Gasteiger partial charge is 0.394 e. The van der Waals surface area contributed by atoms with Crippen molar-refractivity contribution < 1.29 is 26.7 Å². The van der Waals surface area contributed by atoms with Gasteiger partial charge in [-0.1, -0.05) is 48.5 Å². The van der Waals surface area contributed by atoms with E-state index in [-0.39, 0.29) is 29.9 Å². The van der Waals surface area contributed by atoms with Crippen LogP contribution in [0.5, 0.6) is 0 Å². The summed E-state index contributed by atoms with van der Waals surface area (Å²) in [6, 6.07) is 16.4. The number of benzene rings is 2. The van der Waals surface area contributed by atoms with Gasteiger partial charge in [0.15, 0.2) is 0 Å². The van der Waals surface area contributed by atoms with Crippen LogP contribution in [-0.4, -0.2) is 53.3 Å². The highest BCUT2D eigenvalue weighted by molar-refractivity contribution is 7.89. The summed E-state index contributed by atoms with van der Waals surface area (Å²) >= 11 is 0. The quantitative estimate of drug-likeness (QED) is 0.484. The number of ether oxygens (including phenoxy) is 1. The Labute approximate surface area is 183 Å². The highest BCUT2D eigenvalue weighted by Gasteiger charge is 2.33. The predicted octanol–water partition coefficient (Wildman–Crippen LogP) is 1.38. The lowest BCUT2D eigenvalue weighted by molar-refractivity contribution is -0.0869. The normalized spacial score (nSPS) is 22.3. The molecule has 2 aromatic rings. The van der Waals surface area contributed by atoms with E-state index in [0.29, 0.717) is 24.8 Å². The van der Waals surface area contributed by atoms with E-state index in [1.54, 1.807) is 42.5 Å². The van der Waals surface area contributed by atoms with Crippen LogP contribution < -0.4 is 9.44 Å². The molecule has 1 aliphatic rings. The van der Waals surface area contributed by atoms with Crippen LogP contribution in [0.1, 0.15) is 24.8 Å². The molecule has 0 aliphatic carbocycles. The van der Waals surface area contributed by atoms with Crippen molar-refractivity contribution in [1.29, 1.82) is 0 Å². The Morgan fingerprint density at radius 2 is 1.58 bits per heavy atom. The van der Waals surface area contributed by atoms with Crippen LogP contribution >= 0.6 is 0 Å². The van der Waals surface area contributed by atoms with Crippen molar-refractivity contribution in [3.05, 3.63) is 66.2 Å². The molecule has 2 aromatic carbocycles. The fraction of sp³-hybridized carbons (Fsp3) is 0.429. The minimum absolute atomic E-state index is 0.0953. The predicted molar refractivity (Wildman–Crippen MR) is 117 cm³/mol. The average molecular weight is 469 g/mol. The molecule has 10 heteroatoms. The number of sulfonamides is 2. The van der Waals surface area contributed by atoms with Crippen LogP contribution in [0.15, 0.2) is 65.6 Å². The average Bonchev–Trinajstić information content (AvgIpc) is 2.75. The molecular formula is C21H28N2O6S2. The zero-order valence-corrected chi connectivity index (χ0v) is 18.7. The molecule has 3 rings (SSSR count). The van der Waals surface area contributed by atoms with Gasteiger partial charge in [-0.15, -0.1) is 0 Å². The molecule has 1 aliphatic heterocycles. The molecule has 0 saturated carbocycles. The van der Waals surface area contributed by atoms with Gasteiger partial charge < -0.3 is 9.84 Å². The summed E-state index contributed by atoms with van der Waals surface area (Å²) in [5, 5.41) is 9.69. The summed E-state index contributed by atoms with van der Waals surface area (Å²) in [6.07, 6.45) is 0.507. The van der Waals surface area contributed by atoms with Gasteiger partial charge >= 0.3 is 0 Å². The topological polar surface area (TPSA) is 122 Å². The molecule has 0 unspecified atom stereocenters. The second-order valence-electron chi connectivity index (χ2n) is 7.52. The van der Waals surface area contributed by atoms with Crippen LogP contribution in [-0.2, 0) is 30.5 Å². The molecule has 170 valence electrons. The summed E-state index contributed by atoms with van der Waals surface area (Å²) in [4.78, 5) is 0.154. The van der Waals surface area contributed by atoms with Crippen LogP contribution in [0.4, 0.5) is 0 Å². The van der Waals surface area contributed by atoms with E-state index in [4.69, 9.17) is 4.74 Å². The molecule has 0 amide bonds. The van der Waals surface area contributed by atoms with E-state index in [9.17, 15) is 21.9 Å². The standard InChI is InChI=1S/C21H28N2O6S2/c24-15-21-20(23-31(27,28)19-9-5-2-6-10-19)12-11-18(29-21)13-14-22-30(25,26)16-17-7-3-1-4-8-17/h1-10,18,20-24H,11-16H2/t18-,20-,21-/m0/s1. The van der Waals surface area contributed by atoms with Crippen molar-refractivity contribution in [3.8, 4) is 0 Å². The molecule has 1 saturated heterocycles. The third-order valence-electron chi connectivity index (χ3n) is 5.14. The van der Waals surface area contributed by atoms with E-state index < -0.39 is 32.2 Å². The number of hydrogen-bond donors (Lipinski definition) is 3. The number of aliphatic hydroxyl groups excluding tert-OH is 1. The minimum atomic E-state index is -3.72. The van der Waals surface area contributed by atoms with Gasteiger partial charge in [0, 0.05) is 6.54 Å². The van der Waals surface area contributed by atoms with Crippen molar-refractivity contribution in [2.24, 2.45) is 0 Å². The Morgan fingerprint density at radius 3 is 2.23 bits per heavy atom. The SMILES string of the molecule is O=S(=O)(Cc1ccccc1)NCC[C@@H]1CC[C@H](NS(=O)(=O)c2ccccc2)[C@H](CO)O1. The van der Waals surface area contributed by atoms with Gasteiger partial charge in [0.25, 0.3) is 0 Å². The molecule has 3 atom stereocenters. The Morgan fingerprint density at radius 1 is 0.935 bits per heavy atom. The number of rotatable bonds is 10. The summed E-state index contributed by atoms with van der Waals surface area (Å²) in [5.41, 5.74) is 0.706. The molecular weight excluding hydrogens is 440 g/mol. The van der Waals surface area contributed by atoms with Crippen molar-refractivity contribution >= 4 is 20.0 Å². The van der Waals surface area contributed by atoms with Gasteiger partial charge in [0.05, 0.1) is 35.5 Å². The minimum Gasteiger partial charge on any atom is -0.394 e. The van der Waals surface area contributed by atoms with Gasteiger partial charge in [-0.3, -0.25) is 0 Å². The van der Waals surface area contributed by atoms with E-state index in [0.717, 1.165) is 0 Å². The van der Waals surface area contributed by atoms with Crippen molar-refractivity contribution in [1.82, 2.24) is 9.44 Å². The molecule has 0 spiro atoms. The van der Waals surface area contributed by atoms with Gasteiger partial charge in [-0.25, -0.2) is 26.3 Å². The molecule has 1 fully saturated rings. The Hall–Kier alpha value is -1.82. The highest BCUT2D eigenvalue weighted by Crippen LogP contribution is 2.23. The maximum atomic E-state index is 12.6. The Kier molecular flexibility index (Phi) is 8.20. The zero-order valence-electron chi connectivity index (χ0n) is 17.1. The molecule has 31 heavy (non-hydrogen) atoms. The second kappa shape index (κ2) is 10.7. The van der Waals surface area contributed by atoms with Crippen LogP contribution in [0.2, 0.25) is 0 Å². The fourth-order valence-electron chi connectivity index (χ4n) is 3.57. The third kappa shape index (κ3) is 7.09. The van der Waals surface area contributed by atoms with E-state index in [2.05, 4.69) is 9.44 Å². The molecule has 0 radical (unpaired) electrons. The molecule has 3 N–H and O–H groups in total. The second-order valence-corrected chi connectivity index (χ2v) is 11.0. The summed E-state index contributed by atoms with van der Waals surface area (Å²) in [7, 11) is -7.19. The van der Waals surface area contributed by atoms with Gasteiger partial charge in [-0.2, -0.15) is 0 Å². The lowest BCUT2D eigenvalue weighted by Gasteiger charge is -2.36. The molecule has 0 bridgehead atoms. The van der Waals surface area contributed by atoms with E-state index >= 15 is 0 Å². The van der Waals surface area contributed by atoms with Gasteiger partial charge in [0.1, 0.15) is 0 Å². The van der Waals surface area contributed by atoms with Crippen molar-refractivity contribution in [2.75, 3.05) is 13.2 Å². The Bertz CT molecular complexity index is 1030. The molecule has 1 heterocycles. The lowest BCUT2D eigenvalue weighted by atomic mass is 9.98. The van der Waals surface area contributed by atoms with Crippen LogP contribution in [0.3, 0.4) is 0 Å². The summed E-state index contributed by atoms with van der Waals surface area (Å²) in [6.45, 7) is -0.128. The number of hydrogen-bond acceptors (Lipinski definition) is 6. The highest BCUT2D eigenvalue weighted by atomic mass is 32.2. The lowest BCUT2D eigenvalue weighted by Crippen LogP contribution is -2.51. The first-order valence-corrected chi connectivity index (χ1v) is 13.3. The monoisotopic (exact) mass is 468 g/mol. The smallest absolute Gasteiger partial charge is 0.240 e. The van der Waals surface area contributed by atoms with Crippen LogP contribution in [0, 0.1) is 0 Å². The maximum Gasteiger partial charge on any atom is 0.240 e. The van der Waals surface area contributed by atoms with E-state index in [1.165, 1.54) is 12.1 Å². The first-order chi connectivity index (χ1) is 14.8.